The van der Waals surface area contributed by atoms with Crippen molar-refractivity contribution < 1.29 is 23.8 Å². The average Bonchev–Trinajstić information content (AvgIpc) is 3.29. The molecule has 4 rings (SSSR count). The minimum Gasteiger partial charge on any atom is -0.431 e. The van der Waals surface area contributed by atoms with Crippen LogP contribution in [0.2, 0.25) is 5.02 Å². The SMILES string of the molecule is O=C(Oc1c[nH]c2c(Cl)c(N3CC[C@@H](O)C3)c(F)cc2c1=O)OC1CC1. The van der Waals surface area contributed by atoms with Crippen molar-refractivity contribution in [3.05, 3.63) is 33.3 Å². The summed E-state index contributed by atoms with van der Waals surface area (Å²) in [6, 6.07) is 1.05. The van der Waals surface area contributed by atoms with Gasteiger partial charge in [0.05, 0.1) is 27.7 Å². The summed E-state index contributed by atoms with van der Waals surface area (Å²) in [5.74, 6) is -0.970. The molecule has 0 unspecified atom stereocenters. The first kappa shape index (κ1) is 17.1. The zero-order valence-corrected chi connectivity index (χ0v) is 14.4. The highest BCUT2D eigenvalue weighted by atomic mass is 35.5. The van der Waals surface area contributed by atoms with Gasteiger partial charge in [-0.3, -0.25) is 4.79 Å². The molecule has 1 aliphatic carbocycles. The molecule has 2 N–H and O–H groups in total. The Kier molecular flexibility index (Phi) is 4.24. The summed E-state index contributed by atoms with van der Waals surface area (Å²) in [5, 5.41) is 9.67. The molecule has 0 radical (unpaired) electrons. The first-order chi connectivity index (χ1) is 12.4. The summed E-state index contributed by atoms with van der Waals surface area (Å²) in [6.45, 7) is 0.725. The molecule has 1 saturated carbocycles. The van der Waals surface area contributed by atoms with Crippen LogP contribution in [0, 0.1) is 5.82 Å². The molecule has 9 heteroatoms. The number of hydrogen-bond acceptors (Lipinski definition) is 6. The molecule has 1 saturated heterocycles. The summed E-state index contributed by atoms with van der Waals surface area (Å²) in [7, 11) is 0. The molecule has 1 aliphatic heterocycles. The van der Waals surface area contributed by atoms with Crippen LogP contribution >= 0.6 is 11.6 Å². The van der Waals surface area contributed by atoms with Crippen molar-refractivity contribution in [1.82, 2.24) is 4.98 Å². The molecular weight excluding hydrogens is 367 g/mol. The number of anilines is 1. The number of aliphatic hydroxyl groups is 1. The van der Waals surface area contributed by atoms with Crippen LogP contribution in [0.25, 0.3) is 10.9 Å². The van der Waals surface area contributed by atoms with Gasteiger partial charge in [-0.2, -0.15) is 0 Å². The van der Waals surface area contributed by atoms with Gasteiger partial charge in [0.2, 0.25) is 5.43 Å². The van der Waals surface area contributed by atoms with Crippen LogP contribution in [-0.2, 0) is 4.74 Å². The number of nitrogens with zero attached hydrogens (tertiary/aromatic N) is 1. The highest BCUT2D eigenvalue weighted by molar-refractivity contribution is 6.37. The van der Waals surface area contributed by atoms with Gasteiger partial charge in [-0.05, 0) is 25.3 Å². The lowest BCUT2D eigenvalue weighted by atomic mass is 10.1. The number of pyridine rings is 1. The highest BCUT2D eigenvalue weighted by Crippen LogP contribution is 2.36. The number of carbonyl (C=O) groups excluding carboxylic acids is 1. The van der Waals surface area contributed by atoms with Crippen LogP contribution in [-0.4, -0.2) is 41.5 Å². The van der Waals surface area contributed by atoms with Crippen LogP contribution in [0.1, 0.15) is 19.3 Å². The van der Waals surface area contributed by atoms with Gasteiger partial charge in [-0.25, -0.2) is 9.18 Å². The minimum atomic E-state index is -0.966. The van der Waals surface area contributed by atoms with Crippen molar-refractivity contribution in [3.63, 3.8) is 0 Å². The Labute approximate surface area is 152 Å². The minimum absolute atomic E-state index is 0.0345. The predicted octanol–water partition coefficient (Wildman–Crippen LogP) is 2.57. The van der Waals surface area contributed by atoms with Crippen LogP contribution in [0.4, 0.5) is 14.9 Å². The molecule has 26 heavy (non-hydrogen) atoms. The molecule has 2 aromatic rings. The first-order valence-electron chi connectivity index (χ1n) is 8.29. The predicted molar refractivity (Wildman–Crippen MR) is 92.5 cm³/mol. The number of aliphatic hydroxyl groups excluding tert-OH is 1. The lowest BCUT2D eigenvalue weighted by Gasteiger charge is -2.21. The van der Waals surface area contributed by atoms with E-state index in [-0.39, 0.29) is 40.0 Å². The van der Waals surface area contributed by atoms with E-state index in [1.54, 1.807) is 4.90 Å². The van der Waals surface area contributed by atoms with Gasteiger partial charge in [-0.15, -0.1) is 0 Å². The molecule has 0 spiro atoms. The smallest absolute Gasteiger partial charge is 0.431 e. The third-order valence-electron chi connectivity index (χ3n) is 4.47. The number of rotatable bonds is 3. The van der Waals surface area contributed by atoms with E-state index < -0.39 is 23.5 Å². The Morgan fingerprint density at radius 2 is 2.15 bits per heavy atom. The molecular formula is C17H16ClFN2O5. The van der Waals surface area contributed by atoms with Crippen molar-refractivity contribution in [2.75, 3.05) is 18.0 Å². The number of carbonyl (C=O) groups is 1. The third kappa shape index (κ3) is 3.10. The fourth-order valence-electron chi connectivity index (χ4n) is 3.01. The number of β-amino-alcohol motifs (C(OH)–C–C–N with tert-alkyl or cyclic N) is 1. The van der Waals surface area contributed by atoms with Crippen LogP contribution in [0.3, 0.4) is 0 Å². The van der Waals surface area contributed by atoms with E-state index in [0.717, 1.165) is 18.9 Å². The number of fused-ring (bicyclic) bond motifs is 1. The molecule has 1 aromatic carbocycles. The molecule has 2 aliphatic rings. The maximum atomic E-state index is 14.6. The van der Waals surface area contributed by atoms with Crippen molar-refractivity contribution in [3.8, 4) is 5.75 Å². The quantitative estimate of drug-likeness (QED) is 0.793. The number of hydrogen-bond donors (Lipinski definition) is 2. The van der Waals surface area contributed by atoms with Crippen LogP contribution in [0.5, 0.6) is 5.75 Å². The summed E-state index contributed by atoms with van der Waals surface area (Å²) in [6.07, 6.45) is 1.59. The largest absolute Gasteiger partial charge is 0.514 e. The Morgan fingerprint density at radius 1 is 1.38 bits per heavy atom. The number of halogens is 2. The van der Waals surface area contributed by atoms with Crippen molar-refractivity contribution in [1.29, 1.82) is 0 Å². The second kappa shape index (κ2) is 6.44. The Hall–Kier alpha value is -2.32. The number of ether oxygens (including phenoxy) is 2. The lowest BCUT2D eigenvalue weighted by Crippen LogP contribution is -2.23. The summed E-state index contributed by atoms with van der Waals surface area (Å²) in [4.78, 5) is 28.6. The zero-order chi connectivity index (χ0) is 18.4. The van der Waals surface area contributed by atoms with Crippen molar-refractivity contribution in [2.24, 2.45) is 0 Å². The van der Waals surface area contributed by atoms with E-state index in [2.05, 4.69) is 4.98 Å². The Morgan fingerprint density at radius 3 is 2.81 bits per heavy atom. The molecule has 0 amide bonds. The van der Waals surface area contributed by atoms with Gasteiger partial charge in [0.15, 0.2) is 5.75 Å². The summed E-state index contributed by atoms with van der Waals surface area (Å²) in [5.41, 5.74) is -0.300. The van der Waals surface area contributed by atoms with Crippen LogP contribution < -0.4 is 15.1 Å². The van der Waals surface area contributed by atoms with Gasteiger partial charge in [-0.1, -0.05) is 11.6 Å². The van der Waals surface area contributed by atoms with Gasteiger partial charge in [0.25, 0.3) is 0 Å². The molecule has 2 heterocycles. The standard InChI is InChI=1S/C17H16ClFN2O5/c18-13-14-10(5-11(19)15(13)21-4-3-8(22)7-21)16(23)12(6-20-14)26-17(24)25-9-1-2-9/h5-6,8-9,22H,1-4,7H2,(H,20,23)/t8-/m1/s1. The fourth-order valence-corrected chi connectivity index (χ4v) is 3.38. The number of nitrogens with one attached hydrogen (secondary N) is 1. The van der Waals surface area contributed by atoms with E-state index in [1.807, 2.05) is 0 Å². The van der Waals surface area contributed by atoms with Gasteiger partial charge < -0.3 is 24.5 Å². The molecule has 1 atom stereocenters. The molecule has 0 bridgehead atoms. The van der Waals surface area contributed by atoms with Crippen LogP contribution in [0.15, 0.2) is 17.1 Å². The van der Waals surface area contributed by atoms with Gasteiger partial charge in [0.1, 0.15) is 11.9 Å². The number of H-pyrrole nitrogens is 1. The molecule has 1 aromatic heterocycles. The normalized spacial score (nSPS) is 19.8. The van der Waals surface area contributed by atoms with Gasteiger partial charge >= 0.3 is 6.16 Å². The zero-order valence-electron chi connectivity index (χ0n) is 13.6. The second-order valence-electron chi connectivity index (χ2n) is 6.48. The summed E-state index contributed by atoms with van der Waals surface area (Å²) >= 11 is 6.32. The van der Waals surface area contributed by atoms with E-state index in [9.17, 15) is 19.1 Å². The number of aromatic amines is 1. The molecule has 2 fully saturated rings. The maximum Gasteiger partial charge on any atom is 0.514 e. The maximum absolute atomic E-state index is 14.6. The van der Waals surface area contributed by atoms with E-state index >= 15 is 0 Å². The van der Waals surface area contributed by atoms with E-state index in [1.165, 1.54) is 6.20 Å². The lowest BCUT2D eigenvalue weighted by molar-refractivity contribution is 0.0921. The highest BCUT2D eigenvalue weighted by Gasteiger charge is 2.29. The van der Waals surface area contributed by atoms with Crippen molar-refractivity contribution >= 4 is 34.3 Å². The topological polar surface area (TPSA) is 91.9 Å². The Balaban J connectivity index is 1.71. The Bertz CT molecular complexity index is 943. The fraction of sp³-hybridized carbons (Fsp3) is 0.412. The van der Waals surface area contributed by atoms with E-state index in [0.29, 0.717) is 13.0 Å². The molecule has 138 valence electrons. The third-order valence-corrected chi connectivity index (χ3v) is 4.84. The monoisotopic (exact) mass is 382 g/mol. The number of benzene rings is 1. The summed E-state index contributed by atoms with van der Waals surface area (Å²) < 4.78 is 24.5. The van der Waals surface area contributed by atoms with Gasteiger partial charge in [0, 0.05) is 19.3 Å². The molecule has 7 nitrogen and oxygen atoms in total. The average molecular weight is 383 g/mol. The van der Waals surface area contributed by atoms with E-state index in [4.69, 9.17) is 21.1 Å². The first-order valence-corrected chi connectivity index (χ1v) is 8.66. The van der Waals surface area contributed by atoms with Crippen molar-refractivity contribution in [2.45, 2.75) is 31.5 Å². The second-order valence-corrected chi connectivity index (χ2v) is 6.86. The number of aromatic nitrogens is 1.